The molecule has 0 fully saturated rings. The Morgan fingerprint density at radius 2 is 1.50 bits per heavy atom. The lowest BCUT2D eigenvalue weighted by Crippen LogP contribution is -2.30. The molecule has 0 radical (unpaired) electrons. The number of rotatable bonds is 6. The molecule has 0 saturated heterocycles. The molecule has 0 heterocycles. The molecule has 3 aromatic rings. The molecule has 146 valence electrons. The number of sulfonamides is 1. The van der Waals surface area contributed by atoms with Crippen molar-refractivity contribution in [1.29, 1.82) is 0 Å². The van der Waals surface area contributed by atoms with Gasteiger partial charge < -0.3 is 10.6 Å². The number of urea groups is 1. The lowest BCUT2D eigenvalue weighted by Gasteiger charge is -2.18. The maximum absolute atomic E-state index is 12.5. The second-order valence-electron chi connectivity index (χ2n) is 6.22. The molecule has 0 unspecified atom stereocenters. The molecular weight excluding hydrogens is 374 g/mol. The van der Waals surface area contributed by atoms with E-state index in [1.807, 2.05) is 42.5 Å². The van der Waals surface area contributed by atoms with E-state index in [-0.39, 0.29) is 4.90 Å². The van der Waals surface area contributed by atoms with Crippen LogP contribution in [0.15, 0.2) is 71.6 Å². The molecule has 0 saturated carbocycles. The SMILES string of the molecule is CCN(CC)S(=O)(=O)c1ccc(NC(=O)Nc2cccc3ccccc23)cc1. The first-order valence-corrected chi connectivity index (χ1v) is 10.6. The van der Waals surface area contributed by atoms with E-state index in [2.05, 4.69) is 10.6 Å². The minimum Gasteiger partial charge on any atom is -0.308 e. The molecule has 0 aliphatic heterocycles. The highest BCUT2D eigenvalue weighted by Crippen LogP contribution is 2.23. The van der Waals surface area contributed by atoms with Crippen LogP contribution in [-0.2, 0) is 10.0 Å². The Kier molecular flexibility index (Phi) is 5.96. The first kappa shape index (κ1) is 19.9. The Bertz CT molecular complexity index is 1070. The van der Waals surface area contributed by atoms with Gasteiger partial charge >= 0.3 is 6.03 Å². The van der Waals surface area contributed by atoms with Crippen molar-refractivity contribution in [1.82, 2.24) is 4.31 Å². The number of benzene rings is 3. The molecule has 28 heavy (non-hydrogen) atoms. The van der Waals surface area contributed by atoms with Crippen LogP contribution in [0.2, 0.25) is 0 Å². The highest BCUT2D eigenvalue weighted by molar-refractivity contribution is 7.89. The normalized spacial score (nSPS) is 11.5. The summed E-state index contributed by atoms with van der Waals surface area (Å²) in [7, 11) is -3.51. The summed E-state index contributed by atoms with van der Waals surface area (Å²) in [5.74, 6) is 0. The van der Waals surface area contributed by atoms with Crippen LogP contribution in [0.25, 0.3) is 10.8 Å². The van der Waals surface area contributed by atoms with Gasteiger partial charge in [0.1, 0.15) is 0 Å². The van der Waals surface area contributed by atoms with E-state index < -0.39 is 16.1 Å². The van der Waals surface area contributed by atoms with Crippen molar-refractivity contribution in [2.24, 2.45) is 0 Å². The molecule has 2 N–H and O–H groups in total. The molecule has 6 nitrogen and oxygen atoms in total. The molecule has 0 aromatic heterocycles. The zero-order valence-corrected chi connectivity index (χ0v) is 16.7. The molecule has 2 amide bonds. The van der Waals surface area contributed by atoms with Crippen LogP contribution < -0.4 is 10.6 Å². The molecule has 0 atom stereocenters. The predicted octanol–water partition coefficient (Wildman–Crippen LogP) is 4.51. The maximum atomic E-state index is 12.5. The van der Waals surface area contributed by atoms with E-state index in [9.17, 15) is 13.2 Å². The molecule has 0 aliphatic rings. The van der Waals surface area contributed by atoms with Crippen molar-refractivity contribution < 1.29 is 13.2 Å². The molecule has 3 aromatic carbocycles. The van der Waals surface area contributed by atoms with Gasteiger partial charge in [0.05, 0.1) is 10.6 Å². The highest BCUT2D eigenvalue weighted by Gasteiger charge is 2.21. The Morgan fingerprint density at radius 3 is 2.18 bits per heavy atom. The second-order valence-corrected chi connectivity index (χ2v) is 8.16. The van der Waals surface area contributed by atoms with E-state index in [0.717, 1.165) is 10.8 Å². The lowest BCUT2D eigenvalue weighted by molar-refractivity contribution is 0.262. The van der Waals surface area contributed by atoms with E-state index in [1.54, 1.807) is 26.0 Å². The zero-order valence-electron chi connectivity index (χ0n) is 15.8. The van der Waals surface area contributed by atoms with E-state index in [0.29, 0.717) is 24.5 Å². The third kappa shape index (κ3) is 4.16. The molecule has 0 bridgehead atoms. The van der Waals surface area contributed by atoms with Crippen molar-refractivity contribution in [3.8, 4) is 0 Å². The van der Waals surface area contributed by atoms with Crippen LogP contribution in [-0.4, -0.2) is 31.8 Å². The number of carbonyl (C=O) groups excluding carboxylic acids is 1. The minimum atomic E-state index is -3.51. The number of anilines is 2. The third-order valence-electron chi connectivity index (χ3n) is 4.49. The number of fused-ring (bicyclic) bond motifs is 1. The van der Waals surface area contributed by atoms with Crippen molar-refractivity contribution >= 4 is 38.2 Å². The van der Waals surface area contributed by atoms with E-state index >= 15 is 0 Å². The molecule has 0 aliphatic carbocycles. The fourth-order valence-electron chi connectivity index (χ4n) is 3.04. The summed E-state index contributed by atoms with van der Waals surface area (Å²) < 4.78 is 26.4. The maximum Gasteiger partial charge on any atom is 0.323 e. The van der Waals surface area contributed by atoms with E-state index in [1.165, 1.54) is 16.4 Å². The number of hydrogen-bond acceptors (Lipinski definition) is 3. The van der Waals surface area contributed by atoms with Gasteiger partial charge in [-0.15, -0.1) is 0 Å². The number of nitrogens with one attached hydrogen (secondary N) is 2. The number of hydrogen-bond donors (Lipinski definition) is 2. The zero-order chi connectivity index (χ0) is 20.1. The summed E-state index contributed by atoms with van der Waals surface area (Å²) in [6, 6.07) is 19.3. The first-order valence-electron chi connectivity index (χ1n) is 9.11. The van der Waals surface area contributed by atoms with Crippen molar-refractivity contribution in [3.05, 3.63) is 66.7 Å². The minimum absolute atomic E-state index is 0.205. The topological polar surface area (TPSA) is 78.5 Å². The van der Waals surface area contributed by atoms with Crippen molar-refractivity contribution in [2.45, 2.75) is 18.7 Å². The first-order chi connectivity index (χ1) is 13.5. The summed E-state index contributed by atoms with van der Waals surface area (Å²) in [6.45, 7) is 4.42. The number of amides is 2. The van der Waals surface area contributed by atoms with Gasteiger partial charge in [-0.2, -0.15) is 4.31 Å². The number of carbonyl (C=O) groups is 1. The summed E-state index contributed by atoms with van der Waals surface area (Å²) in [5.41, 5.74) is 1.22. The van der Waals surface area contributed by atoms with Crippen LogP contribution in [0.1, 0.15) is 13.8 Å². The summed E-state index contributed by atoms with van der Waals surface area (Å²) >= 11 is 0. The van der Waals surface area contributed by atoms with Crippen molar-refractivity contribution in [2.75, 3.05) is 23.7 Å². The Labute approximate surface area is 165 Å². The van der Waals surface area contributed by atoms with Crippen molar-refractivity contribution in [3.63, 3.8) is 0 Å². The highest BCUT2D eigenvalue weighted by atomic mass is 32.2. The second kappa shape index (κ2) is 8.41. The quantitative estimate of drug-likeness (QED) is 0.642. The predicted molar refractivity (Wildman–Crippen MR) is 113 cm³/mol. The lowest BCUT2D eigenvalue weighted by atomic mass is 10.1. The van der Waals surface area contributed by atoms with Gasteiger partial charge in [0.2, 0.25) is 10.0 Å². The molecular formula is C21H23N3O3S. The van der Waals surface area contributed by atoms with Gasteiger partial charge in [-0.25, -0.2) is 13.2 Å². The monoisotopic (exact) mass is 397 g/mol. The largest absolute Gasteiger partial charge is 0.323 e. The Hall–Kier alpha value is -2.90. The van der Waals surface area contributed by atoms with E-state index in [4.69, 9.17) is 0 Å². The average Bonchev–Trinajstić information content (AvgIpc) is 2.69. The van der Waals surface area contributed by atoms with Crippen LogP contribution in [0.3, 0.4) is 0 Å². The van der Waals surface area contributed by atoms with Crippen LogP contribution in [0.4, 0.5) is 16.2 Å². The van der Waals surface area contributed by atoms with Gasteiger partial charge in [-0.3, -0.25) is 0 Å². The summed E-state index contributed by atoms with van der Waals surface area (Å²) in [6.07, 6.45) is 0. The Balaban J connectivity index is 1.73. The molecule has 0 spiro atoms. The van der Waals surface area contributed by atoms with Crippen LogP contribution in [0, 0.1) is 0 Å². The van der Waals surface area contributed by atoms with Gasteiger partial charge in [-0.1, -0.05) is 50.2 Å². The van der Waals surface area contributed by atoms with Gasteiger partial charge in [-0.05, 0) is 35.7 Å². The third-order valence-corrected chi connectivity index (χ3v) is 6.56. The number of nitrogens with zero attached hydrogens (tertiary/aromatic N) is 1. The van der Waals surface area contributed by atoms with Crippen LogP contribution >= 0.6 is 0 Å². The fourth-order valence-corrected chi connectivity index (χ4v) is 4.50. The van der Waals surface area contributed by atoms with Gasteiger partial charge in [0.15, 0.2) is 0 Å². The summed E-state index contributed by atoms with van der Waals surface area (Å²) in [4.78, 5) is 12.6. The Morgan fingerprint density at radius 1 is 0.857 bits per heavy atom. The molecule has 3 rings (SSSR count). The standard InChI is InChI=1S/C21H23N3O3S/c1-3-24(4-2)28(26,27)18-14-12-17(13-15-18)22-21(25)23-20-11-7-9-16-8-5-6-10-19(16)20/h5-15H,3-4H2,1-2H3,(H2,22,23,25). The molecule has 7 heteroatoms. The smallest absolute Gasteiger partial charge is 0.308 e. The average molecular weight is 398 g/mol. The summed E-state index contributed by atoms with van der Waals surface area (Å²) in [5, 5.41) is 7.55. The fraction of sp³-hybridized carbons (Fsp3) is 0.190. The van der Waals surface area contributed by atoms with Gasteiger partial charge in [0, 0.05) is 24.2 Å². The van der Waals surface area contributed by atoms with Gasteiger partial charge in [0.25, 0.3) is 0 Å². The van der Waals surface area contributed by atoms with Crippen LogP contribution in [0.5, 0.6) is 0 Å².